The molecule has 1 aliphatic rings. The molecule has 5 nitrogen and oxygen atoms in total. The molecule has 0 spiro atoms. The Hall–Kier alpha value is -0.0300. The molecular weight excluding hydrogens is 225 g/mol. The lowest BCUT2D eigenvalue weighted by molar-refractivity contribution is 0.166. The van der Waals surface area contributed by atoms with Crippen molar-refractivity contribution in [2.45, 2.75) is 13.8 Å². The number of aliphatic imine (C=N–C) groups is 1. The van der Waals surface area contributed by atoms with Gasteiger partial charge in [0.2, 0.25) is 0 Å². The Kier molecular flexibility index (Phi) is 4.95. The molecule has 1 heterocycles. The molecule has 0 saturated heterocycles. The van der Waals surface area contributed by atoms with Gasteiger partial charge in [0.15, 0.2) is 0 Å². The molecule has 0 amide bonds. The second-order valence-corrected chi connectivity index (χ2v) is 5.01. The summed E-state index contributed by atoms with van der Waals surface area (Å²) in [4.78, 5) is 4.01. The number of phosphoric ester groups is 1. The second kappa shape index (κ2) is 5.75. The molecule has 0 N–H and O–H groups in total. The minimum absolute atomic E-state index is 0.287. The third kappa shape index (κ3) is 3.61. The van der Waals surface area contributed by atoms with Crippen molar-refractivity contribution in [3.63, 3.8) is 0 Å². The lowest BCUT2D eigenvalue weighted by Crippen LogP contribution is -2.03. The van der Waals surface area contributed by atoms with Gasteiger partial charge in [-0.15, -0.1) is 0 Å². The van der Waals surface area contributed by atoms with Crippen LogP contribution >= 0.6 is 19.6 Å². The lowest BCUT2D eigenvalue weighted by atomic mass is 10.8. The molecule has 7 heteroatoms. The summed E-state index contributed by atoms with van der Waals surface area (Å²) < 4.78 is 26.8. The zero-order valence-electron chi connectivity index (χ0n) is 8.26. The maximum atomic E-state index is 11.8. The van der Waals surface area contributed by atoms with Crippen molar-refractivity contribution in [1.82, 2.24) is 0 Å². The minimum Gasteiger partial charge on any atom is -0.380 e. The summed E-state index contributed by atoms with van der Waals surface area (Å²) in [5.74, 6) is 0.855. The Bertz CT molecular complexity index is 248. The number of hydrogen-bond acceptors (Lipinski definition) is 6. The number of thioether (sulfide) groups is 1. The monoisotopic (exact) mass is 239 g/mol. The molecule has 0 saturated carbocycles. The Morgan fingerprint density at radius 3 is 2.50 bits per heavy atom. The Morgan fingerprint density at radius 1 is 1.43 bits per heavy atom. The fourth-order valence-electron chi connectivity index (χ4n) is 0.873. The van der Waals surface area contributed by atoms with Gasteiger partial charge in [-0.3, -0.25) is 9.05 Å². The maximum Gasteiger partial charge on any atom is 0.531 e. The highest BCUT2D eigenvalue weighted by atomic mass is 32.2. The molecule has 0 aliphatic carbocycles. The molecule has 82 valence electrons. The fourth-order valence-corrected chi connectivity index (χ4v) is 2.96. The Balaban J connectivity index is 2.53. The summed E-state index contributed by atoms with van der Waals surface area (Å²) in [6.45, 7) is 4.74. The van der Waals surface area contributed by atoms with Gasteiger partial charge >= 0.3 is 7.82 Å². The zero-order chi connectivity index (χ0) is 10.4. The van der Waals surface area contributed by atoms with E-state index in [9.17, 15) is 4.57 Å². The molecule has 0 aromatic rings. The first-order valence-corrected chi connectivity index (χ1v) is 6.90. The van der Waals surface area contributed by atoms with Crippen LogP contribution in [0.15, 0.2) is 4.99 Å². The van der Waals surface area contributed by atoms with Crippen molar-refractivity contribution in [1.29, 1.82) is 0 Å². The first-order valence-electron chi connectivity index (χ1n) is 4.46. The van der Waals surface area contributed by atoms with Crippen LogP contribution in [-0.4, -0.2) is 30.7 Å². The first kappa shape index (κ1) is 12.0. The third-order valence-electron chi connectivity index (χ3n) is 1.32. The van der Waals surface area contributed by atoms with Crippen LogP contribution in [0.5, 0.6) is 0 Å². The van der Waals surface area contributed by atoms with Gasteiger partial charge in [0.25, 0.3) is 5.23 Å². The summed E-state index contributed by atoms with van der Waals surface area (Å²) in [6.07, 6.45) is 0. The number of hydrogen-bond donors (Lipinski definition) is 0. The van der Waals surface area contributed by atoms with Crippen LogP contribution < -0.4 is 0 Å². The van der Waals surface area contributed by atoms with E-state index in [0.29, 0.717) is 11.8 Å². The van der Waals surface area contributed by atoms with Gasteiger partial charge in [0.1, 0.15) is 0 Å². The number of rotatable bonds is 5. The van der Waals surface area contributed by atoms with E-state index >= 15 is 0 Å². The highest BCUT2D eigenvalue weighted by Crippen LogP contribution is 2.50. The summed E-state index contributed by atoms with van der Waals surface area (Å²) >= 11 is 1.42. The molecule has 1 rings (SSSR count). The first-order chi connectivity index (χ1) is 6.70. The van der Waals surface area contributed by atoms with Crippen molar-refractivity contribution in [3.05, 3.63) is 0 Å². The average molecular weight is 239 g/mol. The van der Waals surface area contributed by atoms with Crippen LogP contribution in [-0.2, 0) is 18.1 Å². The quantitative estimate of drug-likeness (QED) is 0.689. The molecule has 1 aliphatic heterocycles. The van der Waals surface area contributed by atoms with E-state index in [-0.39, 0.29) is 13.2 Å². The highest BCUT2D eigenvalue weighted by molar-refractivity contribution is 8.14. The van der Waals surface area contributed by atoms with Crippen LogP contribution in [0.1, 0.15) is 13.8 Å². The van der Waals surface area contributed by atoms with Crippen molar-refractivity contribution in [2.24, 2.45) is 4.99 Å². The molecule has 0 bridgehead atoms. The van der Waals surface area contributed by atoms with Crippen LogP contribution in [0.3, 0.4) is 0 Å². The zero-order valence-corrected chi connectivity index (χ0v) is 9.98. The van der Waals surface area contributed by atoms with Crippen molar-refractivity contribution >= 4 is 24.8 Å². The van der Waals surface area contributed by atoms with Crippen LogP contribution in [0.2, 0.25) is 0 Å². The van der Waals surface area contributed by atoms with Crippen LogP contribution in [0.25, 0.3) is 0 Å². The van der Waals surface area contributed by atoms with E-state index in [0.717, 1.165) is 5.75 Å². The predicted molar refractivity (Wildman–Crippen MR) is 56.7 cm³/mol. The van der Waals surface area contributed by atoms with E-state index < -0.39 is 7.82 Å². The van der Waals surface area contributed by atoms with Gasteiger partial charge < -0.3 is 4.52 Å². The van der Waals surface area contributed by atoms with Crippen molar-refractivity contribution < 1.29 is 18.1 Å². The second-order valence-electron chi connectivity index (χ2n) is 2.37. The van der Waals surface area contributed by atoms with Crippen molar-refractivity contribution in [3.8, 4) is 0 Å². The molecule has 0 unspecified atom stereocenters. The highest BCUT2D eigenvalue weighted by Gasteiger charge is 2.30. The van der Waals surface area contributed by atoms with E-state index in [4.69, 9.17) is 13.6 Å². The minimum atomic E-state index is -3.42. The summed E-state index contributed by atoms with van der Waals surface area (Å²) in [6, 6.07) is 0. The molecule has 14 heavy (non-hydrogen) atoms. The fraction of sp³-hybridized carbons (Fsp3) is 0.857. The lowest BCUT2D eigenvalue weighted by Gasteiger charge is -2.15. The van der Waals surface area contributed by atoms with Crippen LogP contribution in [0, 0.1) is 0 Å². The predicted octanol–water partition coefficient (Wildman–Crippen LogP) is 2.29. The van der Waals surface area contributed by atoms with Crippen LogP contribution in [0.4, 0.5) is 0 Å². The molecule has 0 radical (unpaired) electrons. The molecule has 0 aromatic carbocycles. The standard InChI is InChI=1S/C7H14NO4PS/c1-3-10-13(9,11-4-2)12-7-8-5-6-14-7/h3-6H2,1-2H3. The number of phosphoric acid groups is 1. The van der Waals surface area contributed by atoms with E-state index in [2.05, 4.69) is 4.99 Å². The average Bonchev–Trinajstić information content (AvgIpc) is 2.57. The summed E-state index contributed by atoms with van der Waals surface area (Å²) in [5, 5.41) is 0.398. The van der Waals surface area contributed by atoms with Gasteiger partial charge in [-0.05, 0) is 13.8 Å². The molecule has 0 fully saturated rings. The van der Waals surface area contributed by atoms with E-state index in [1.165, 1.54) is 11.8 Å². The molecule has 0 aromatic heterocycles. The van der Waals surface area contributed by atoms with Gasteiger partial charge in [-0.2, -0.15) is 0 Å². The molecular formula is C7H14NO4PS. The van der Waals surface area contributed by atoms with Gasteiger partial charge in [-0.1, -0.05) is 11.8 Å². The van der Waals surface area contributed by atoms with E-state index in [1.54, 1.807) is 13.8 Å². The number of nitrogens with zero attached hydrogens (tertiary/aromatic N) is 1. The summed E-state index contributed by atoms with van der Waals surface area (Å²) in [7, 11) is -3.42. The third-order valence-corrected chi connectivity index (χ3v) is 3.84. The Morgan fingerprint density at radius 2 is 2.07 bits per heavy atom. The van der Waals surface area contributed by atoms with Gasteiger partial charge in [-0.25, -0.2) is 9.56 Å². The summed E-state index contributed by atoms with van der Waals surface area (Å²) in [5.41, 5.74) is 0. The Labute approximate surface area is 87.8 Å². The smallest absolute Gasteiger partial charge is 0.380 e. The van der Waals surface area contributed by atoms with Gasteiger partial charge in [0.05, 0.1) is 19.8 Å². The largest absolute Gasteiger partial charge is 0.531 e. The van der Waals surface area contributed by atoms with Crippen molar-refractivity contribution in [2.75, 3.05) is 25.5 Å². The van der Waals surface area contributed by atoms with Gasteiger partial charge in [0, 0.05) is 5.75 Å². The SMILES string of the molecule is CCOP(=O)(OCC)OC1=NCCS1. The maximum absolute atomic E-state index is 11.8. The molecule has 0 atom stereocenters. The normalized spacial score (nSPS) is 16.9. The topological polar surface area (TPSA) is 57.1 Å². The van der Waals surface area contributed by atoms with E-state index in [1.807, 2.05) is 0 Å².